The normalized spacial score (nSPS) is 15.7. The highest BCUT2D eigenvalue weighted by Gasteiger charge is 2.21. The number of amides is 2. The third kappa shape index (κ3) is 5.15. The van der Waals surface area contributed by atoms with Gasteiger partial charge in [-0.2, -0.15) is 0 Å². The maximum atomic E-state index is 11.8. The molecule has 7 heteroatoms. The van der Waals surface area contributed by atoms with Crippen LogP contribution in [0.2, 0.25) is 0 Å². The number of likely N-dealkylation sites (tertiary alicyclic amines) is 1. The van der Waals surface area contributed by atoms with Gasteiger partial charge in [-0.25, -0.2) is 0 Å². The first-order valence-corrected chi connectivity index (χ1v) is 8.46. The Bertz CT molecular complexity index is 680. The highest BCUT2D eigenvalue weighted by molar-refractivity contribution is 6.39. The minimum absolute atomic E-state index is 0.231. The lowest BCUT2D eigenvalue weighted by atomic mass is 9.96. The van der Waals surface area contributed by atoms with E-state index in [1.54, 1.807) is 0 Å². The lowest BCUT2D eigenvalue weighted by molar-refractivity contribution is -0.136. The molecule has 0 saturated carbocycles. The summed E-state index contributed by atoms with van der Waals surface area (Å²) in [6.07, 6.45) is 3.35. The van der Waals surface area contributed by atoms with Crippen LogP contribution in [-0.2, 0) is 16.1 Å². The van der Waals surface area contributed by atoms with Gasteiger partial charge < -0.3 is 9.84 Å². The number of rotatable bonds is 5. The molecule has 1 saturated heterocycles. The molecule has 1 aliphatic heterocycles. The molecule has 0 spiro atoms. The van der Waals surface area contributed by atoms with Crippen LogP contribution in [0.4, 0.5) is 5.82 Å². The summed E-state index contributed by atoms with van der Waals surface area (Å²) in [5, 5.41) is 8.62. The SMILES string of the molecule is O=C(NCC1CCN(Cc2ccccc2)CC1)C(=O)Nc1ccon1. The van der Waals surface area contributed by atoms with Crippen molar-refractivity contribution in [3.63, 3.8) is 0 Å². The predicted octanol–water partition coefficient (Wildman–Crippen LogP) is 1.64. The fraction of sp³-hybridized carbons (Fsp3) is 0.389. The van der Waals surface area contributed by atoms with Crippen LogP contribution in [0.3, 0.4) is 0 Å². The minimum atomic E-state index is -0.726. The van der Waals surface area contributed by atoms with Gasteiger partial charge in [0.15, 0.2) is 5.82 Å². The molecule has 132 valence electrons. The number of carbonyl (C=O) groups excluding carboxylic acids is 2. The van der Waals surface area contributed by atoms with Crippen molar-refractivity contribution in [1.29, 1.82) is 0 Å². The monoisotopic (exact) mass is 342 g/mol. The number of hydrogen-bond acceptors (Lipinski definition) is 5. The lowest BCUT2D eigenvalue weighted by Crippen LogP contribution is -2.41. The maximum Gasteiger partial charge on any atom is 0.314 e. The quantitative estimate of drug-likeness (QED) is 0.807. The molecule has 2 heterocycles. The van der Waals surface area contributed by atoms with Gasteiger partial charge in [0.05, 0.1) is 0 Å². The molecule has 2 amide bonds. The summed E-state index contributed by atoms with van der Waals surface area (Å²) < 4.78 is 4.60. The molecule has 1 aromatic heterocycles. The molecule has 2 aromatic rings. The molecule has 25 heavy (non-hydrogen) atoms. The zero-order valence-corrected chi connectivity index (χ0v) is 14.0. The Morgan fingerprint density at radius 1 is 1.12 bits per heavy atom. The number of hydrogen-bond donors (Lipinski definition) is 2. The van der Waals surface area contributed by atoms with Crippen LogP contribution in [0.5, 0.6) is 0 Å². The molecule has 0 bridgehead atoms. The van der Waals surface area contributed by atoms with Crippen molar-refractivity contribution >= 4 is 17.6 Å². The van der Waals surface area contributed by atoms with Crippen molar-refractivity contribution < 1.29 is 14.1 Å². The van der Waals surface area contributed by atoms with Crippen molar-refractivity contribution in [3.05, 3.63) is 48.2 Å². The maximum absolute atomic E-state index is 11.8. The van der Waals surface area contributed by atoms with Crippen molar-refractivity contribution in [3.8, 4) is 0 Å². The first-order valence-electron chi connectivity index (χ1n) is 8.46. The van der Waals surface area contributed by atoms with E-state index >= 15 is 0 Å². The van der Waals surface area contributed by atoms with Gasteiger partial charge in [-0.05, 0) is 37.4 Å². The van der Waals surface area contributed by atoms with E-state index in [0.29, 0.717) is 12.5 Å². The van der Waals surface area contributed by atoms with Gasteiger partial charge in [-0.15, -0.1) is 0 Å². The first kappa shape index (κ1) is 17.2. The van der Waals surface area contributed by atoms with E-state index < -0.39 is 11.8 Å². The Labute approximate surface area is 146 Å². The van der Waals surface area contributed by atoms with E-state index in [-0.39, 0.29) is 5.82 Å². The van der Waals surface area contributed by atoms with Gasteiger partial charge in [0, 0.05) is 19.2 Å². The molecule has 7 nitrogen and oxygen atoms in total. The average molecular weight is 342 g/mol. The van der Waals surface area contributed by atoms with Crippen LogP contribution in [0.1, 0.15) is 18.4 Å². The fourth-order valence-electron chi connectivity index (χ4n) is 2.96. The average Bonchev–Trinajstić information content (AvgIpc) is 3.14. The van der Waals surface area contributed by atoms with E-state index in [4.69, 9.17) is 0 Å². The van der Waals surface area contributed by atoms with Crippen molar-refractivity contribution in [2.45, 2.75) is 19.4 Å². The van der Waals surface area contributed by atoms with Gasteiger partial charge in [0.25, 0.3) is 0 Å². The fourth-order valence-corrected chi connectivity index (χ4v) is 2.96. The molecule has 0 atom stereocenters. The molecular formula is C18H22N4O3. The van der Waals surface area contributed by atoms with Crippen molar-refractivity contribution in [2.24, 2.45) is 5.92 Å². The Morgan fingerprint density at radius 3 is 2.56 bits per heavy atom. The second-order valence-corrected chi connectivity index (χ2v) is 6.25. The van der Waals surface area contributed by atoms with Crippen molar-refractivity contribution in [1.82, 2.24) is 15.4 Å². The summed E-state index contributed by atoms with van der Waals surface area (Å²) in [5.74, 6) is -0.740. The molecule has 3 rings (SSSR count). The Balaban J connectivity index is 1.36. The summed E-state index contributed by atoms with van der Waals surface area (Å²) in [7, 11) is 0. The first-order chi connectivity index (χ1) is 12.2. The molecule has 0 unspecified atom stereocenters. The summed E-state index contributed by atoms with van der Waals surface area (Å²) >= 11 is 0. The molecular weight excluding hydrogens is 320 g/mol. The number of nitrogens with one attached hydrogen (secondary N) is 2. The van der Waals surface area contributed by atoms with Gasteiger partial charge >= 0.3 is 11.8 Å². The largest absolute Gasteiger partial charge is 0.363 e. The van der Waals surface area contributed by atoms with E-state index in [1.165, 1.54) is 17.9 Å². The number of benzene rings is 1. The third-order valence-electron chi connectivity index (χ3n) is 4.39. The molecule has 0 radical (unpaired) electrons. The van der Waals surface area contributed by atoms with Gasteiger partial charge in [-0.3, -0.25) is 19.8 Å². The summed E-state index contributed by atoms with van der Waals surface area (Å²) in [5.41, 5.74) is 1.32. The van der Waals surface area contributed by atoms with Crippen LogP contribution in [-0.4, -0.2) is 41.5 Å². The molecule has 2 N–H and O–H groups in total. The molecule has 1 fully saturated rings. The second-order valence-electron chi connectivity index (χ2n) is 6.25. The van der Waals surface area contributed by atoms with Crippen molar-refractivity contribution in [2.75, 3.05) is 25.0 Å². The van der Waals surface area contributed by atoms with E-state index in [0.717, 1.165) is 32.5 Å². The molecule has 1 aromatic carbocycles. The summed E-state index contributed by atoms with van der Waals surface area (Å²) in [6, 6.07) is 11.9. The second kappa shape index (κ2) is 8.43. The van der Waals surface area contributed by atoms with Gasteiger partial charge in [-0.1, -0.05) is 35.5 Å². The number of carbonyl (C=O) groups is 2. The number of piperidine rings is 1. The van der Waals surface area contributed by atoms with Crippen LogP contribution < -0.4 is 10.6 Å². The zero-order chi connectivity index (χ0) is 17.5. The Morgan fingerprint density at radius 2 is 1.88 bits per heavy atom. The van der Waals surface area contributed by atoms with Crippen LogP contribution in [0, 0.1) is 5.92 Å². The van der Waals surface area contributed by atoms with E-state index in [1.807, 2.05) is 6.07 Å². The summed E-state index contributed by atoms with van der Waals surface area (Å²) in [6.45, 7) is 3.48. The van der Waals surface area contributed by atoms with Gasteiger partial charge in [0.2, 0.25) is 0 Å². The topological polar surface area (TPSA) is 87.5 Å². The highest BCUT2D eigenvalue weighted by Crippen LogP contribution is 2.18. The predicted molar refractivity (Wildman–Crippen MR) is 92.6 cm³/mol. The number of anilines is 1. The lowest BCUT2D eigenvalue weighted by Gasteiger charge is -2.32. The van der Waals surface area contributed by atoms with E-state index in [9.17, 15) is 9.59 Å². The van der Waals surface area contributed by atoms with Crippen LogP contribution in [0.15, 0.2) is 47.2 Å². The van der Waals surface area contributed by atoms with Gasteiger partial charge in [0.1, 0.15) is 6.26 Å². The zero-order valence-electron chi connectivity index (χ0n) is 14.0. The number of aromatic nitrogens is 1. The smallest absolute Gasteiger partial charge is 0.314 e. The van der Waals surface area contributed by atoms with E-state index in [2.05, 4.69) is 49.5 Å². The standard InChI is InChI=1S/C18H22N4O3/c23-17(18(24)20-16-8-11-25-21-16)19-12-14-6-9-22(10-7-14)13-15-4-2-1-3-5-15/h1-5,8,11,14H,6-7,9-10,12-13H2,(H,19,23)(H,20,21,24). The number of nitrogens with zero attached hydrogens (tertiary/aromatic N) is 2. The minimum Gasteiger partial charge on any atom is -0.363 e. The summed E-state index contributed by atoms with van der Waals surface area (Å²) in [4.78, 5) is 26.0. The molecule has 1 aliphatic rings. The van der Waals surface area contributed by atoms with Crippen LogP contribution >= 0.6 is 0 Å². The third-order valence-corrected chi connectivity index (χ3v) is 4.39. The Kier molecular flexibility index (Phi) is 5.79. The van der Waals surface area contributed by atoms with Crippen LogP contribution in [0.25, 0.3) is 0 Å². The Hall–Kier alpha value is -2.67. The molecule has 0 aliphatic carbocycles. The highest BCUT2D eigenvalue weighted by atomic mass is 16.5.